The highest BCUT2D eigenvalue weighted by Crippen LogP contribution is 2.58. The molecule has 0 aromatic heterocycles. The van der Waals surface area contributed by atoms with Crippen molar-refractivity contribution in [2.24, 2.45) is 5.41 Å². The van der Waals surface area contributed by atoms with Crippen LogP contribution in [0.1, 0.15) is 75.3 Å². The summed E-state index contributed by atoms with van der Waals surface area (Å²) >= 11 is 0. The first-order valence-corrected chi connectivity index (χ1v) is 7.39. The summed E-state index contributed by atoms with van der Waals surface area (Å²) < 4.78 is 14.0. The fourth-order valence-corrected chi connectivity index (χ4v) is 3.51. The van der Waals surface area contributed by atoms with E-state index in [9.17, 15) is 4.39 Å². The van der Waals surface area contributed by atoms with Crippen LogP contribution in [0.4, 0.5) is 4.39 Å². The van der Waals surface area contributed by atoms with Crippen LogP contribution in [0.25, 0.3) is 0 Å². The van der Waals surface area contributed by atoms with Gasteiger partial charge in [0, 0.05) is 0 Å². The molecule has 98 valence electrons. The van der Waals surface area contributed by atoms with Crippen LogP contribution in [0.2, 0.25) is 0 Å². The third-order valence-corrected chi connectivity index (χ3v) is 5.12. The van der Waals surface area contributed by atoms with Gasteiger partial charge in [-0.1, -0.05) is 26.0 Å². The van der Waals surface area contributed by atoms with Gasteiger partial charge in [-0.2, -0.15) is 0 Å². The average Bonchev–Trinajstić information content (AvgIpc) is 3.09. The highest BCUT2D eigenvalue weighted by atomic mass is 19.1. The molecule has 0 nitrogen and oxygen atoms in total. The zero-order valence-electron chi connectivity index (χ0n) is 11.5. The number of rotatable bonds is 2. The highest BCUT2D eigenvalue weighted by Gasteiger charge is 2.44. The summed E-state index contributed by atoms with van der Waals surface area (Å²) in [5.41, 5.74) is 2.81. The van der Waals surface area contributed by atoms with E-state index in [1.54, 1.807) is 6.07 Å². The van der Waals surface area contributed by atoms with Crippen LogP contribution in [0.5, 0.6) is 0 Å². The SMILES string of the molecule is CC(C)c1ccc(C2CCC3(CC2)CC3)cc1F. The zero-order chi connectivity index (χ0) is 12.8. The Labute approximate surface area is 110 Å². The van der Waals surface area contributed by atoms with Crippen LogP contribution < -0.4 is 0 Å². The van der Waals surface area contributed by atoms with E-state index in [4.69, 9.17) is 0 Å². The summed E-state index contributed by atoms with van der Waals surface area (Å²) in [6.45, 7) is 4.10. The van der Waals surface area contributed by atoms with Crippen LogP contribution in [0.3, 0.4) is 0 Å². The van der Waals surface area contributed by atoms with E-state index in [-0.39, 0.29) is 11.7 Å². The first kappa shape index (κ1) is 12.2. The van der Waals surface area contributed by atoms with Gasteiger partial charge in [0.15, 0.2) is 0 Å². The molecule has 2 aliphatic carbocycles. The van der Waals surface area contributed by atoms with Gasteiger partial charge in [-0.25, -0.2) is 4.39 Å². The summed E-state index contributed by atoms with van der Waals surface area (Å²) in [5, 5.41) is 0. The summed E-state index contributed by atoms with van der Waals surface area (Å²) in [6, 6.07) is 5.95. The molecule has 0 amide bonds. The van der Waals surface area contributed by atoms with Gasteiger partial charge in [0.1, 0.15) is 5.82 Å². The molecule has 0 atom stereocenters. The normalized spacial score (nSPS) is 22.7. The molecule has 2 saturated carbocycles. The molecule has 0 bridgehead atoms. The summed E-state index contributed by atoms with van der Waals surface area (Å²) in [4.78, 5) is 0. The van der Waals surface area contributed by atoms with E-state index in [1.807, 2.05) is 6.07 Å². The third kappa shape index (κ3) is 2.20. The topological polar surface area (TPSA) is 0 Å². The van der Waals surface area contributed by atoms with Crippen molar-refractivity contribution in [3.05, 3.63) is 35.1 Å². The highest BCUT2D eigenvalue weighted by molar-refractivity contribution is 5.29. The van der Waals surface area contributed by atoms with E-state index in [0.29, 0.717) is 5.92 Å². The standard InChI is InChI=1S/C17H23F/c1-12(2)15-4-3-14(11-16(15)18)13-5-7-17(8-6-13)9-10-17/h3-4,11-13H,5-10H2,1-2H3. The quantitative estimate of drug-likeness (QED) is 0.656. The van der Waals surface area contributed by atoms with Gasteiger partial charge in [-0.15, -0.1) is 0 Å². The summed E-state index contributed by atoms with van der Waals surface area (Å²) in [7, 11) is 0. The first-order chi connectivity index (χ1) is 8.60. The molecule has 2 aliphatic rings. The predicted octanol–water partition coefficient (Wildman–Crippen LogP) is 5.39. The monoisotopic (exact) mass is 246 g/mol. The second-order valence-electron chi connectivity index (χ2n) is 6.71. The van der Waals surface area contributed by atoms with Crippen molar-refractivity contribution in [2.75, 3.05) is 0 Å². The lowest BCUT2D eigenvalue weighted by Crippen LogP contribution is -2.14. The van der Waals surface area contributed by atoms with E-state index in [1.165, 1.54) is 44.1 Å². The molecule has 1 spiro atoms. The van der Waals surface area contributed by atoms with Crippen molar-refractivity contribution in [3.8, 4) is 0 Å². The smallest absolute Gasteiger partial charge is 0.126 e. The van der Waals surface area contributed by atoms with Crippen LogP contribution in [-0.2, 0) is 0 Å². The van der Waals surface area contributed by atoms with Crippen LogP contribution in [0.15, 0.2) is 18.2 Å². The summed E-state index contributed by atoms with van der Waals surface area (Å²) in [6.07, 6.45) is 8.15. The Hall–Kier alpha value is -0.850. The largest absolute Gasteiger partial charge is 0.207 e. The molecule has 1 heteroatoms. The minimum atomic E-state index is -0.00536. The molecule has 1 aromatic rings. The van der Waals surface area contributed by atoms with Gasteiger partial charge in [0.25, 0.3) is 0 Å². The lowest BCUT2D eigenvalue weighted by molar-refractivity contribution is 0.305. The molecule has 0 saturated heterocycles. The second kappa shape index (κ2) is 4.36. The fourth-order valence-electron chi connectivity index (χ4n) is 3.51. The number of hydrogen-bond donors (Lipinski definition) is 0. The number of benzene rings is 1. The second-order valence-corrected chi connectivity index (χ2v) is 6.71. The molecule has 18 heavy (non-hydrogen) atoms. The Morgan fingerprint density at radius 1 is 1.11 bits per heavy atom. The Kier molecular flexibility index (Phi) is 2.96. The molecular weight excluding hydrogens is 223 g/mol. The molecule has 2 fully saturated rings. The van der Waals surface area contributed by atoms with Crippen molar-refractivity contribution in [1.29, 1.82) is 0 Å². The maximum atomic E-state index is 14.0. The third-order valence-electron chi connectivity index (χ3n) is 5.12. The van der Waals surface area contributed by atoms with Gasteiger partial charge in [0.05, 0.1) is 0 Å². The van der Waals surface area contributed by atoms with Crippen molar-refractivity contribution < 1.29 is 4.39 Å². The molecule has 0 unspecified atom stereocenters. The molecule has 0 radical (unpaired) electrons. The van der Waals surface area contributed by atoms with E-state index in [0.717, 1.165) is 11.0 Å². The Morgan fingerprint density at radius 2 is 1.78 bits per heavy atom. The Balaban J connectivity index is 1.74. The Morgan fingerprint density at radius 3 is 2.28 bits per heavy atom. The van der Waals surface area contributed by atoms with Crippen LogP contribution >= 0.6 is 0 Å². The van der Waals surface area contributed by atoms with Gasteiger partial charge >= 0.3 is 0 Å². The predicted molar refractivity (Wildman–Crippen MR) is 73.4 cm³/mol. The molecule has 1 aromatic carbocycles. The van der Waals surface area contributed by atoms with E-state index < -0.39 is 0 Å². The first-order valence-electron chi connectivity index (χ1n) is 7.39. The number of halogens is 1. The fraction of sp³-hybridized carbons (Fsp3) is 0.647. The maximum absolute atomic E-state index is 14.0. The molecule has 0 heterocycles. The molecule has 0 N–H and O–H groups in total. The van der Waals surface area contributed by atoms with Gasteiger partial charge < -0.3 is 0 Å². The van der Waals surface area contributed by atoms with E-state index >= 15 is 0 Å². The van der Waals surface area contributed by atoms with Crippen molar-refractivity contribution in [1.82, 2.24) is 0 Å². The number of hydrogen-bond acceptors (Lipinski definition) is 0. The molecular formula is C17H23F. The van der Waals surface area contributed by atoms with Crippen molar-refractivity contribution in [3.63, 3.8) is 0 Å². The minimum absolute atomic E-state index is 0.00536. The van der Waals surface area contributed by atoms with Crippen molar-refractivity contribution >= 4 is 0 Å². The van der Waals surface area contributed by atoms with Crippen molar-refractivity contribution in [2.45, 2.75) is 64.2 Å². The van der Waals surface area contributed by atoms with Crippen LogP contribution in [0, 0.1) is 11.2 Å². The lowest BCUT2D eigenvalue weighted by Gasteiger charge is -2.29. The molecule has 3 rings (SSSR count). The Bertz CT molecular complexity index is 433. The maximum Gasteiger partial charge on any atom is 0.126 e. The van der Waals surface area contributed by atoms with Gasteiger partial charge in [-0.05, 0) is 73.0 Å². The van der Waals surface area contributed by atoms with E-state index in [2.05, 4.69) is 19.9 Å². The molecule has 0 aliphatic heterocycles. The average molecular weight is 246 g/mol. The zero-order valence-corrected chi connectivity index (χ0v) is 11.5. The lowest BCUT2D eigenvalue weighted by atomic mass is 9.76. The summed E-state index contributed by atoms with van der Waals surface area (Å²) in [5.74, 6) is 0.876. The van der Waals surface area contributed by atoms with Crippen LogP contribution in [-0.4, -0.2) is 0 Å². The minimum Gasteiger partial charge on any atom is -0.207 e. The van der Waals surface area contributed by atoms with Gasteiger partial charge in [0.2, 0.25) is 0 Å². The van der Waals surface area contributed by atoms with Gasteiger partial charge in [-0.3, -0.25) is 0 Å².